The van der Waals surface area contributed by atoms with Crippen molar-refractivity contribution in [3.8, 4) is 0 Å². The fourth-order valence-electron chi connectivity index (χ4n) is 3.29. The zero-order chi connectivity index (χ0) is 19.9. The molecule has 0 spiro atoms. The number of benzene rings is 2. The number of carbonyl (C=O) groups is 3. The molecule has 146 valence electrons. The zero-order valence-corrected chi connectivity index (χ0v) is 16.0. The number of hydrogen-bond acceptors (Lipinski definition) is 3. The highest BCUT2D eigenvalue weighted by Gasteiger charge is 2.18. The smallest absolute Gasteiger partial charge is 0.255 e. The van der Waals surface area contributed by atoms with E-state index in [-0.39, 0.29) is 17.7 Å². The van der Waals surface area contributed by atoms with Gasteiger partial charge >= 0.3 is 0 Å². The van der Waals surface area contributed by atoms with Crippen LogP contribution in [0.1, 0.15) is 53.3 Å². The number of amides is 3. The lowest BCUT2D eigenvalue weighted by Crippen LogP contribution is -2.32. The molecule has 0 atom stereocenters. The quantitative estimate of drug-likeness (QED) is 0.845. The molecular formula is C22H25N3O3. The third kappa shape index (κ3) is 5.19. The maximum atomic E-state index is 12.8. The van der Waals surface area contributed by atoms with E-state index in [1.807, 2.05) is 4.90 Å². The number of carbonyl (C=O) groups excluding carboxylic acids is 3. The Kier molecular flexibility index (Phi) is 6.42. The first kappa shape index (κ1) is 19.6. The Labute approximate surface area is 164 Å². The van der Waals surface area contributed by atoms with Gasteiger partial charge in [-0.25, -0.2) is 0 Å². The van der Waals surface area contributed by atoms with Crippen LogP contribution in [-0.2, 0) is 4.79 Å². The van der Waals surface area contributed by atoms with E-state index in [1.165, 1.54) is 6.92 Å². The topological polar surface area (TPSA) is 78.5 Å². The highest BCUT2D eigenvalue weighted by atomic mass is 16.2. The van der Waals surface area contributed by atoms with E-state index in [1.54, 1.807) is 48.5 Å². The lowest BCUT2D eigenvalue weighted by molar-refractivity contribution is -0.114. The van der Waals surface area contributed by atoms with Crippen molar-refractivity contribution in [3.05, 3.63) is 59.7 Å². The lowest BCUT2D eigenvalue weighted by atomic mass is 10.1. The summed E-state index contributed by atoms with van der Waals surface area (Å²) >= 11 is 0. The largest absolute Gasteiger partial charge is 0.339 e. The van der Waals surface area contributed by atoms with Crippen LogP contribution in [0.2, 0.25) is 0 Å². The van der Waals surface area contributed by atoms with Gasteiger partial charge in [-0.1, -0.05) is 18.9 Å². The molecule has 0 unspecified atom stereocenters. The fraction of sp³-hybridized carbons (Fsp3) is 0.318. The number of hydrogen-bond donors (Lipinski definition) is 2. The number of anilines is 2. The normalized spacial score (nSPS) is 14.1. The second-order valence-corrected chi connectivity index (χ2v) is 7.00. The third-order valence-electron chi connectivity index (χ3n) is 4.73. The van der Waals surface area contributed by atoms with Gasteiger partial charge in [0.15, 0.2) is 0 Å². The predicted molar refractivity (Wildman–Crippen MR) is 110 cm³/mol. The average Bonchev–Trinajstić information content (AvgIpc) is 2.98. The van der Waals surface area contributed by atoms with E-state index >= 15 is 0 Å². The van der Waals surface area contributed by atoms with Gasteiger partial charge < -0.3 is 15.5 Å². The molecule has 1 heterocycles. The summed E-state index contributed by atoms with van der Waals surface area (Å²) in [5.74, 6) is -0.448. The van der Waals surface area contributed by atoms with Crippen LogP contribution in [0.3, 0.4) is 0 Å². The summed E-state index contributed by atoms with van der Waals surface area (Å²) in [6, 6.07) is 13.7. The molecule has 0 aromatic heterocycles. The first-order valence-corrected chi connectivity index (χ1v) is 9.61. The second kappa shape index (κ2) is 9.17. The van der Waals surface area contributed by atoms with E-state index in [2.05, 4.69) is 10.6 Å². The molecule has 1 aliphatic heterocycles. The molecule has 0 bridgehead atoms. The van der Waals surface area contributed by atoms with Gasteiger partial charge in [0, 0.05) is 42.5 Å². The van der Waals surface area contributed by atoms with Crippen molar-refractivity contribution in [1.29, 1.82) is 0 Å². The zero-order valence-electron chi connectivity index (χ0n) is 16.0. The van der Waals surface area contributed by atoms with Crippen molar-refractivity contribution in [2.24, 2.45) is 0 Å². The molecule has 6 nitrogen and oxygen atoms in total. The van der Waals surface area contributed by atoms with Crippen LogP contribution in [-0.4, -0.2) is 35.7 Å². The SMILES string of the molecule is CC(=O)Nc1ccc(NC(=O)c2cccc(C(=O)N3CCCCCC3)c2)cc1. The number of nitrogens with one attached hydrogen (secondary N) is 2. The molecule has 6 heteroatoms. The summed E-state index contributed by atoms with van der Waals surface area (Å²) in [7, 11) is 0. The molecule has 0 radical (unpaired) electrons. The molecular weight excluding hydrogens is 354 g/mol. The Morgan fingerprint density at radius 2 is 1.36 bits per heavy atom. The third-order valence-corrected chi connectivity index (χ3v) is 4.73. The number of likely N-dealkylation sites (tertiary alicyclic amines) is 1. The van der Waals surface area contributed by atoms with Gasteiger partial charge in [0.1, 0.15) is 0 Å². The van der Waals surface area contributed by atoms with Crippen molar-refractivity contribution >= 4 is 29.1 Å². The van der Waals surface area contributed by atoms with Gasteiger partial charge in [0.25, 0.3) is 11.8 Å². The van der Waals surface area contributed by atoms with Crippen molar-refractivity contribution < 1.29 is 14.4 Å². The van der Waals surface area contributed by atoms with E-state index in [9.17, 15) is 14.4 Å². The molecule has 0 aliphatic carbocycles. The maximum Gasteiger partial charge on any atom is 0.255 e. The summed E-state index contributed by atoms with van der Waals surface area (Å²) in [5.41, 5.74) is 2.25. The Morgan fingerprint density at radius 1 is 0.786 bits per heavy atom. The maximum absolute atomic E-state index is 12.8. The summed E-state index contributed by atoms with van der Waals surface area (Å²) in [5, 5.41) is 5.50. The molecule has 1 fully saturated rings. The molecule has 28 heavy (non-hydrogen) atoms. The van der Waals surface area contributed by atoms with Crippen LogP contribution in [0.15, 0.2) is 48.5 Å². The first-order valence-electron chi connectivity index (χ1n) is 9.61. The van der Waals surface area contributed by atoms with Gasteiger partial charge in [-0.3, -0.25) is 14.4 Å². The molecule has 0 saturated carbocycles. The van der Waals surface area contributed by atoms with Gasteiger partial charge in [-0.2, -0.15) is 0 Å². The Bertz CT molecular complexity index is 854. The van der Waals surface area contributed by atoms with Crippen molar-refractivity contribution in [2.45, 2.75) is 32.6 Å². The van der Waals surface area contributed by atoms with Gasteiger partial charge in [0.05, 0.1) is 0 Å². The van der Waals surface area contributed by atoms with E-state index < -0.39 is 0 Å². The molecule has 3 amide bonds. The molecule has 2 N–H and O–H groups in total. The summed E-state index contributed by atoms with van der Waals surface area (Å²) < 4.78 is 0. The Hall–Kier alpha value is -3.15. The second-order valence-electron chi connectivity index (χ2n) is 7.00. The first-order chi connectivity index (χ1) is 13.5. The van der Waals surface area contributed by atoms with Crippen molar-refractivity contribution in [3.63, 3.8) is 0 Å². The standard InChI is InChI=1S/C22H25N3O3/c1-16(26)23-19-9-11-20(12-10-19)24-21(27)17-7-6-8-18(15-17)22(28)25-13-4-2-3-5-14-25/h6-12,15H,2-5,13-14H2,1H3,(H,23,26)(H,24,27). The van der Waals surface area contributed by atoms with E-state index in [0.717, 1.165) is 38.8 Å². The number of nitrogens with zero attached hydrogens (tertiary/aromatic N) is 1. The summed E-state index contributed by atoms with van der Waals surface area (Å²) in [6.45, 7) is 2.99. The molecule has 2 aromatic rings. The van der Waals surface area contributed by atoms with Crippen molar-refractivity contribution in [2.75, 3.05) is 23.7 Å². The lowest BCUT2D eigenvalue weighted by Gasteiger charge is -2.20. The molecule has 2 aromatic carbocycles. The molecule has 1 aliphatic rings. The number of rotatable bonds is 4. The van der Waals surface area contributed by atoms with Crippen LogP contribution in [0.5, 0.6) is 0 Å². The highest BCUT2D eigenvalue weighted by Crippen LogP contribution is 2.17. The van der Waals surface area contributed by atoms with Crippen LogP contribution in [0.4, 0.5) is 11.4 Å². The molecule has 3 rings (SSSR count). The van der Waals surface area contributed by atoms with Crippen LogP contribution in [0, 0.1) is 0 Å². The predicted octanol–water partition coefficient (Wildman–Crippen LogP) is 3.91. The van der Waals surface area contributed by atoms with E-state index in [0.29, 0.717) is 22.5 Å². The van der Waals surface area contributed by atoms with E-state index in [4.69, 9.17) is 0 Å². The fourth-order valence-corrected chi connectivity index (χ4v) is 3.29. The average molecular weight is 379 g/mol. The minimum Gasteiger partial charge on any atom is -0.339 e. The summed E-state index contributed by atoms with van der Waals surface area (Å²) in [4.78, 5) is 38.3. The van der Waals surface area contributed by atoms with Crippen LogP contribution >= 0.6 is 0 Å². The van der Waals surface area contributed by atoms with Gasteiger partial charge in [-0.05, 0) is 55.3 Å². The highest BCUT2D eigenvalue weighted by molar-refractivity contribution is 6.06. The minimum absolute atomic E-state index is 0.0174. The van der Waals surface area contributed by atoms with Crippen LogP contribution in [0.25, 0.3) is 0 Å². The van der Waals surface area contributed by atoms with Crippen LogP contribution < -0.4 is 10.6 Å². The Balaban J connectivity index is 1.68. The van der Waals surface area contributed by atoms with Gasteiger partial charge in [-0.15, -0.1) is 0 Å². The minimum atomic E-state index is -0.280. The summed E-state index contributed by atoms with van der Waals surface area (Å²) in [6.07, 6.45) is 4.38. The monoisotopic (exact) mass is 379 g/mol. The molecule has 1 saturated heterocycles. The van der Waals surface area contributed by atoms with Crippen molar-refractivity contribution in [1.82, 2.24) is 4.90 Å². The van der Waals surface area contributed by atoms with Gasteiger partial charge in [0.2, 0.25) is 5.91 Å². The Morgan fingerprint density at radius 3 is 1.96 bits per heavy atom.